The zero-order chi connectivity index (χ0) is 19.3. The van der Waals surface area contributed by atoms with Crippen molar-refractivity contribution in [3.05, 3.63) is 39.6 Å². The van der Waals surface area contributed by atoms with Crippen molar-refractivity contribution in [2.75, 3.05) is 7.11 Å². The average molecular weight is 434 g/mol. The maximum Gasteiger partial charge on any atom is 0.417 e. The van der Waals surface area contributed by atoms with Gasteiger partial charge in [-0.05, 0) is 55.9 Å². The van der Waals surface area contributed by atoms with Crippen molar-refractivity contribution in [2.24, 2.45) is 0 Å². The van der Waals surface area contributed by atoms with Gasteiger partial charge in [-0.1, -0.05) is 22.0 Å². The molecule has 142 valence electrons. The molecule has 26 heavy (non-hydrogen) atoms. The number of nitrogens with one attached hydrogen (secondary N) is 1. The van der Waals surface area contributed by atoms with Crippen LogP contribution in [-0.2, 0) is 9.53 Å². The van der Waals surface area contributed by atoms with E-state index < -0.39 is 23.2 Å². The number of halogens is 4. The average Bonchev–Trinajstić information content (AvgIpc) is 2.80. The van der Waals surface area contributed by atoms with E-state index in [1.807, 2.05) is 6.07 Å². The van der Waals surface area contributed by atoms with Crippen molar-refractivity contribution >= 4 is 27.4 Å². The lowest BCUT2D eigenvalue weighted by atomic mass is 9.72. The molecular weight excluding hydrogens is 415 g/mol. The number of carbonyl (C=O) groups excluding carboxylic acids is 1. The minimum absolute atomic E-state index is 0.0471. The number of carbonyl (C=O) groups is 1. The number of aliphatic hydroxyl groups is 1. The predicted molar refractivity (Wildman–Crippen MR) is 93.6 cm³/mol. The molecule has 1 spiro atoms. The molecule has 3 rings (SSSR count). The van der Waals surface area contributed by atoms with Gasteiger partial charge in [-0.15, -0.1) is 0 Å². The van der Waals surface area contributed by atoms with Gasteiger partial charge >= 0.3 is 6.18 Å². The second kappa shape index (κ2) is 6.27. The highest BCUT2D eigenvalue weighted by molar-refractivity contribution is 9.10. The molecule has 1 aliphatic heterocycles. The number of alkyl halides is 3. The van der Waals surface area contributed by atoms with Gasteiger partial charge in [0.15, 0.2) is 5.60 Å². The summed E-state index contributed by atoms with van der Waals surface area (Å²) < 4.78 is 45.7. The first-order chi connectivity index (χ1) is 12.1. The van der Waals surface area contributed by atoms with Gasteiger partial charge in [0.25, 0.3) is 5.91 Å². The Morgan fingerprint density at radius 2 is 1.85 bits per heavy atom. The Labute approximate surface area is 157 Å². The van der Waals surface area contributed by atoms with Crippen LogP contribution in [0.1, 0.15) is 36.8 Å². The molecule has 4 nitrogen and oxygen atoms in total. The fourth-order valence-corrected chi connectivity index (χ4v) is 4.21. The number of hydrogen-bond acceptors (Lipinski definition) is 3. The smallest absolute Gasteiger partial charge is 0.417 e. The van der Waals surface area contributed by atoms with Gasteiger partial charge in [-0.2, -0.15) is 13.2 Å². The Morgan fingerprint density at radius 1 is 1.23 bits per heavy atom. The van der Waals surface area contributed by atoms with Crippen molar-refractivity contribution in [1.29, 1.82) is 0 Å². The summed E-state index contributed by atoms with van der Waals surface area (Å²) in [5.41, 5.74) is -1.93. The quantitative estimate of drug-likeness (QED) is 0.725. The maximum atomic E-state index is 13.4. The lowest BCUT2D eigenvalue weighted by Crippen LogP contribution is -2.57. The largest absolute Gasteiger partial charge is 0.509 e. The lowest BCUT2D eigenvalue weighted by Gasteiger charge is -2.44. The van der Waals surface area contributed by atoms with Crippen LogP contribution in [0.5, 0.6) is 0 Å². The van der Waals surface area contributed by atoms with E-state index in [2.05, 4.69) is 21.2 Å². The van der Waals surface area contributed by atoms with Crippen LogP contribution >= 0.6 is 15.9 Å². The Balaban J connectivity index is 1.98. The molecule has 1 aliphatic carbocycles. The van der Waals surface area contributed by atoms with Crippen molar-refractivity contribution in [3.8, 4) is 0 Å². The molecule has 1 fully saturated rings. The van der Waals surface area contributed by atoms with Gasteiger partial charge in [0.2, 0.25) is 0 Å². The summed E-state index contributed by atoms with van der Waals surface area (Å²) in [5.74, 6) is -0.656. The van der Waals surface area contributed by atoms with Crippen molar-refractivity contribution in [2.45, 2.75) is 49.9 Å². The first-order valence-electron chi connectivity index (χ1n) is 8.20. The van der Waals surface area contributed by atoms with Crippen LogP contribution in [-0.4, -0.2) is 35.4 Å². The van der Waals surface area contributed by atoms with Crippen LogP contribution in [0.4, 0.5) is 13.2 Å². The third-order valence-corrected chi connectivity index (χ3v) is 6.05. The van der Waals surface area contributed by atoms with Gasteiger partial charge in [0, 0.05) is 11.6 Å². The summed E-state index contributed by atoms with van der Waals surface area (Å²) >= 11 is 3.34. The van der Waals surface area contributed by atoms with E-state index in [9.17, 15) is 23.1 Å². The molecule has 0 atom stereocenters. The first-order valence-corrected chi connectivity index (χ1v) is 8.99. The molecule has 0 aromatic heterocycles. The second-order valence-corrected chi connectivity index (χ2v) is 7.83. The highest BCUT2D eigenvalue weighted by Gasteiger charge is 2.61. The lowest BCUT2D eigenvalue weighted by molar-refractivity contribution is -0.282. The van der Waals surface area contributed by atoms with Crippen LogP contribution in [0.2, 0.25) is 0 Å². The molecule has 0 unspecified atom stereocenters. The van der Waals surface area contributed by atoms with Crippen LogP contribution in [0.15, 0.2) is 28.4 Å². The number of amides is 1. The van der Waals surface area contributed by atoms with Crippen LogP contribution in [0, 0.1) is 6.92 Å². The van der Waals surface area contributed by atoms with E-state index >= 15 is 0 Å². The Kier molecular flexibility index (Phi) is 4.63. The summed E-state index contributed by atoms with van der Waals surface area (Å²) in [6.07, 6.45) is -5.26. The zero-order valence-electron chi connectivity index (χ0n) is 14.3. The molecule has 1 saturated carbocycles. The third-order valence-electron chi connectivity index (χ3n) is 5.56. The molecule has 2 aliphatic rings. The van der Waals surface area contributed by atoms with Gasteiger partial charge in [0.05, 0.1) is 11.1 Å². The molecule has 1 aromatic carbocycles. The SMILES string of the molecule is COC1(C(F)(F)F)CCC2(CC1)NC(=O)C(c1cc(Br)ccc1C)=C2O. The van der Waals surface area contributed by atoms with Crippen LogP contribution in [0.25, 0.3) is 5.57 Å². The molecule has 0 saturated heterocycles. The number of aliphatic hydroxyl groups excluding tert-OH is 1. The summed E-state index contributed by atoms with van der Waals surface area (Å²) in [4.78, 5) is 12.6. The van der Waals surface area contributed by atoms with Crippen molar-refractivity contribution < 1.29 is 27.8 Å². The normalized spacial score (nSPS) is 29.4. The summed E-state index contributed by atoms with van der Waals surface area (Å²) in [5, 5.41) is 13.5. The Hall–Kier alpha value is -1.54. The number of benzene rings is 1. The van der Waals surface area contributed by atoms with Crippen LogP contribution < -0.4 is 5.32 Å². The maximum absolute atomic E-state index is 13.4. The predicted octanol–water partition coefficient (Wildman–Crippen LogP) is 4.42. The van der Waals surface area contributed by atoms with E-state index in [0.29, 0.717) is 5.56 Å². The summed E-state index contributed by atoms with van der Waals surface area (Å²) in [6, 6.07) is 5.34. The molecule has 0 radical (unpaired) electrons. The molecule has 1 aromatic rings. The highest BCUT2D eigenvalue weighted by atomic mass is 79.9. The molecule has 8 heteroatoms. The van der Waals surface area contributed by atoms with Gasteiger partial charge < -0.3 is 15.2 Å². The fraction of sp³-hybridized carbons (Fsp3) is 0.500. The number of hydrogen-bond donors (Lipinski definition) is 2. The minimum Gasteiger partial charge on any atom is -0.509 e. The zero-order valence-corrected chi connectivity index (χ0v) is 15.9. The molecule has 2 N–H and O–H groups in total. The Morgan fingerprint density at radius 3 is 2.38 bits per heavy atom. The minimum atomic E-state index is -4.50. The van der Waals surface area contributed by atoms with Gasteiger partial charge in [0.1, 0.15) is 5.76 Å². The van der Waals surface area contributed by atoms with Crippen LogP contribution in [0.3, 0.4) is 0 Å². The number of methoxy groups -OCH3 is 1. The van der Waals surface area contributed by atoms with E-state index in [4.69, 9.17) is 4.74 Å². The molecule has 1 amide bonds. The van der Waals surface area contributed by atoms with E-state index in [-0.39, 0.29) is 37.0 Å². The van der Waals surface area contributed by atoms with E-state index in [1.165, 1.54) is 0 Å². The first kappa shape index (κ1) is 19.2. The topological polar surface area (TPSA) is 58.6 Å². The molecule has 0 bridgehead atoms. The summed E-state index contributed by atoms with van der Waals surface area (Å²) in [6.45, 7) is 1.81. The monoisotopic (exact) mass is 433 g/mol. The van der Waals surface area contributed by atoms with Crippen molar-refractivity contribution in [3.63, 3.8) is 0 Å². The molecular formula is C18H19BrF3NO3. The standard InChI is InChI=1S/C18H19BrF3NO3/c1-10-3-4-11(19)9-12(10)13-14(24)16(23-15(13)25)5-7-17(26-2,8-6-16)18(20,21)22/h3-4,9,24H,5-8H2,1-2H3,(H,23,25). The van der Waals surface area contributed by atoms with E-state index in [1.54, 1.807) is 19.1 Å². The fourth-order valence-electron chi connectivity index (χ4n) is 3.85. The van der Waals surface area contributed by atoms with Crippen molar-refractivity contribution in [1.82, 2.24) is 5.32 Å². The van der Waals surface area contributed by atoms with Gasteiger partial charge in [-0.25, -0.2) is 0 Å². The number of rotatable bonds is 2. The van der Waals surface area contributed by atoms with E-state index in [0.717, 1.165) is 17.1 Å². The number of ether oxygens (including phenoxy) is 1. The second-order valence-electron chi connectivity index (χ2n) is 6.92. The highest BCUT2D eigenvalue weighted by Crippen LogP contribution is 2.50. The summed E-state index contributed by atoms with van der Waals surface area (Å²) in [7, 11) is 1.05. The third kappa shape index (κ3) is 2.83. The molecule has 1 heterocycles. The van der Waals surface area contributed by atoms with Gasteiger partial charge in [-0.3, -0.25) is 4.79 Å². The number of aryl methyl sites for hydroxylation is 1. The Bertz CT molecular complexity index is 780.